The second-order valence-corrected chi connectivity index (χ2v) is 4.57. The number of aromatic nitrogens is 1. The second-order valence-electron chi connectivity index (χ2n) is 4.57. The molecule has 0 fully saturated rings. The van der Waals surface area contributed by atoms with Gasteiger partial charge in [0.25, 0.3) is 0 Å². The van der Waals surface area contributed by atoms with E-state index in [1.165, 1.54) is 6.20 Å². The Morgan fingerprint density at radius 2 is 2.28 bits per heavy atom. The summed E-state index contributed by atoms with van der Waals surface area (Å²) in [6, 6.07) is 1.73. The maximum absolute atomic E-state index is 11.0. The fraction of sp³-hybridized carbons (Fsp3) is 0.538. The van der Waals surface area contributed by atoms with Crippen LogP contribution in [0.4, 0.5) is 5.69 Å². The van der Waals surface area contributed by atoms with Gasteiger partial charge in [0.1, 0.15) is 5.56 Å². The number of carboxylic acids is 1. The molecule has 0 spiro atoms. The standard InChI is InChI=1S/C13H20N2O3/c1-9(2)8-18-5-4-14-12-6-10(3)15-7-11(12)13(16)17/h6-7,9H,4-5,8H2,1-3H3,(H,14,15)(H,16,17). The lowest BCUT2D eigenvalue weighted by molar-refractivity contribution is 0.0697. The lowest BCUT2D eigenvalue weighted by Gasteiger charge is -2.11. The number of nitrogens with zero attached hydrogens (tertiary/aromatic N) is 1. The Hall–Kier alpha value is -1.62. The Morgan fingerprint density at radius 1 is 1.56 bits per heavy atom. The van der Waals surface area contributed by atoms with Gasteiger partial charge in [0.2, 0.25) is 0 Å². The molecule has 0 saturated heterocycles. The molecule has 5 heteroatoms. The van der Waals surface area contributed by atoms with Crippen LogP contribution in [0.25, 0.3) is 0 Å². The van der Waals surface area contributed by atoms with Gasteiger partial charge < -0.3 is 15.2 Å². The molecule has 1 heterocycles. The minimum atomic E-state index is -0.979. The van der Waals surface area contributed by atoms with Crippen molar-refractivity contribution < 1.29 is 14.6 Å². The summed E-state index contributed by atoms with van der Waals surface area (Å²) in [6.07, 6.45) is 1.37. The number of aryl methyl sites for hydroxylation is 1. The maximum atomic E-state index is 11.0. The van der Waals surface area contributed by atoms with E-state index in [9.17, 15) is 4.79 Å². The van der Waals surface area contributed by atoms with E-state index >= 15 is 0 Å². The average Bonchev–Trinajstić information content (AvgIpc) is 2.27. The van der Waals surface area contributed by atoms with Crippen molar-refractivity contribution in [3.05, 3.63) is 23.5 Å². The Balaban J connectivity index is 2.50. The molecular weight excluding hydrogens is 232 g/mol. The zero-order valence-corrected chi connectivity index (χ0v) is 11.1. The number of pyridine rings is 1. The molecule has 18 heavy (non-hydrogen) atoms. The van der Waals surface area contributed by atoms with Crippen LogP contribution < -0.4 is 5.32 Å². The summed E-state index contributed by atoms with van der Waals surface area (Å²) >= 11 is 0. The van der Waals surface area contributed by atoms with Crippen LogP contribution in [0.2, 0.25) is 0 Å². The molecule has 100 valence electrons. The van der Waals surface area contributed by atoms with Crippen LogP contribution in [0.3, 0.4) is 0 Å². The van der Waals surface area contributed by atoms with E-state index in [4.69, 9.17) is 9.84 Å². The first-order valence-electron chi connectivity index (χ1n) is 6.02. The van der Waals surface area contributed by atoms with Crippen molar-refractivity contribution in [2.75, 3.05) is 25.1 Å². The molecule has 1 aromatic heterocycles. The largest absolute Gasteiger partial charge is 0.478 e. The smallest absolute Gasteiger partial charge is 0.339 e. The summed E-state index contributed by atoms with van der Waals surface area (Å²) in [7, 11) is 0. The summed E-state index contributed by atoms with van der Waals surface area (Å²) in [5, 5.41) is 12.1. The molecule has 0 atom stereocenters. The van der Waals surface area contributed by atoms with Crippen molar-refractivity contribution >= 4 is 11.7 Å². The van der Waals surface area contributed by atoms with Crippen LogP contribution in [0.15, 0.2) is 12.3 Å². The minimum absolute atomic E-state index is 0.185. The van der Waals surface area contributed by atoms with Crippen LogP contribution in [0.5, 0.6) is 0 Å². The molecule has 1 rings (SSSR count). The molecule has 0 radical (unpaired) electrons. The van der Waals surface area contributed by atoms with Gasteiger partial charge in [0.15, 0.2) is 0 Å². The molecule has 0 bridgehead atoms. The van der Waals surface area contributed by atoms with E-state index in [1.807, 2.05) is 6.92 Å². The van der Waals surface area contributed by atoms with Crippen molar-refractivity contribution in [3.63, 3.8) is 0 Å². The number of carboxylic acid groups (broad SMARTS) is 1. The third kappa shape index (κ3) is 4.71. The van der Waals surface area contributed by atoms with Crippen molar-refractivity contribution in [1.82, 2.24) is 4.98 Å². The topological polar surface area (TPSA) is 71.5 Å². The number of nitrogens with one attached hydrogen (secondary N) is 1. The summed E-state index contributed by atoms with van der Waals surface area (Å²) < 4.78 is 5.42. The van der Waals surface area contributed by atoms with Crippen LogP contribution in [-0.2, 0) is 4.74 Å². The molecule has 5 nitrogen and oxygen atoms in total. The molecular formula is C13H20N2O3. The third-order valence-electron chi connectivity index (χ3n) is 2.28. The molecule has 0 aliphatic carbocycles. The highest BCUT2D eigenvalue weighted by atomic mass is 16.5. The Kier molecular flexibility index (Phi) is 5.58. The number of rotatable bonds is 7. The molecule has 0 saturated carbocycles. The van der Waals surface area contributed by atoms with Crippen LogP contribution in [0, 0.1) is 12.8 Å². The molecule has 0 amide bonds. The van der Waals surface area contributed by atoms with E-state index < -0.39 is 5.97 Å². The normalized spacial score (nSPS) is 10.7. The summed E-state index contributed by atoms with van der Waals surface area (Å²) in [4.78, 5) is 15.0. The number of aromatic carboxylic acids is 1. The van der Waals surface area contributed by atoms with Gasteiger partial charge in [-0.25, -0.2) is 4.79 Å². The maximum Gasteiger partial charge on any atom is 0.339 e. The van der Waals surface area contributed by atoms with Crippen LogP contribution >= 0.6 is 0 Å². The van der Waals surface area contributed by atoms with Crippen molar-refractivity contribution in [3.8, 4) is 0 Å². The van der Waals surface area contributed by atoms with E-state index in [-0.39, 0.29) is 5.56 Å². The predicted molar refractivity (Wildman–Crippen MR) is 70.1 cm³/mol. The van der Waals surface area contributed by atoms with E-state index in [0.29, 0.717) is 31.4 Å². The number of hydrogen-bond donors (Lipinski definition) is 2. The lowest BCUT2D eigenvalue weighted by Crippen LogP contribution is -2.14. The number of anilines is 1. The Labute approximate surface area is 107 Å². The molecule has 0 aliphatic rings. The molecule has 0 aliphatic heterocycles. The first-order valence-corrected chi connectivity index (χ1v) is 6.02. The second kappa shape index (κ2) is 6.96. The molecule has 0 unspecified atom stereocenters. The number of hydrogen-bond acceptors (Lipinski definition) is 4. The van der Waals surface area contributed by atoms with E-state index in [0.717, 1.165) is 5.69 Å². The average molecular weight is 252 g/mol. The summed E-state index contributed by atoms with van der Waals surface area (Å²) in [6.45, 7) is 7.84. The Morgan fingerprint density at radius 3 is 2.89 bits per heavy atom. The van der Waals surface area contributed by atoms with Crippen molar-refractivity contribution in [1.29, 1.82) is 0 Å². The zero-order valence-electron chi connectivity index (χ0n) is 11.1. The first-order chi connectivity index (χ1) is 8.50. The van der Waals surface area contributed by atoms with Gasteiger partial charge in [-0.1, -0.05) is 13.8 Å². The highest BCUT2D eigenvalue weighted by Crippen LogP contribution is 2.15. The fourth-order valence-electron chi connectivity index (χ4n) is 1.45. The summed E-state index contributed by atoms with van der Waals surface area (Å²) in [5.41, 5.74) is 1.55. The highest BCUT2D eigenvalue weighted by Gasteiger charge is 2.10. The van der Waals surface area contributed by atoms with Gasteiger partial charge >= 0.3 is 5.97 Å². The summed E-state index contributed by atoms with van der Waals surface area (Å²) in [5.74, 6) is -0.476. The molecule has 1 aromatic rings. The monoisotopic (exact) mass is 252 g/mol. The minimum Gasteiger partial charge on any atom is -0.478 e. The first kappa shape index (κ1) is 14.4. The molecule has 2 N–H and O–H groups in total. The van der Waals surface area contributed by atoms with Gasteiger partial charge in [-0.15, -0.1) is 0 Å². The van der Waals surface area contributed by atoms with Crippen molar-refractivity contribution in [2.45, 2.75) is 20.8 Å². The van der Waals surface area contributed by atoms with Gasteiger partial charge in [0.05, 0.1) is 12.3 Å². The van der Waals surface area contributed by atoms with E-state index in [1.54, 1.807) is 6.07 Å². The van der Waals surface area contributed by atoms with Crippen LogP contribution in [0.1, 0.15) is 29.9 Å². The molecule has 0 aromatic carbocycles. The highest BCUT2D eigenvalue weighted by molar-refractivity contribution is 5.93. The quantitative estimate of drug-likeness (QED) is 0.728. The third-order valence-corrected chi connectivity index (χ3v) is 2.28. The van der Waals surface area contributed by atoms with E-state index in [2.05, 4.69) is 24.1 Å². The lowest BCUT2D eigenvalue weighted by atomic mass is 10.2. The Bertz CT molecular complexity index is 405. The number of ether oxygens (including phenoxy) is 1. The SMILES string of the molecule is Cc1cc(NCCOCC(C)C)c(C(=O)O)cn1. The van der Waals surface area contributed by atoms with Crippen molar-refractivity contribution in [2.24, 2.45) is 5.92 Å². The van der Waals surface area contributed by atoms with Crippen LogP contribution in [-0.4, -0.2) is 35.8 Å². The van der Waals surface area contributed by atoms with Gasteiger partial charge in [-0.3, -0.25) is 4.98 Å². The fourth-order valence-corrected chi connectivity index (χ4v) is 1.45. The number of carbonyl (C=O) groups is 1. The van der Waals surface area contributed by atoms with Gasteiger partial charge in [0, 0.05) is 25.0 Å². The zero-order chi connectivity index (χ0) is 13.5. The van der Waals surface area contributed by atoms with Gasteiger partial charge in [-0.2, -0.15) is 0 Å². The predicted octanol–water partition coefficient (Wildman–Crippen LogP) is 2.17. The van der Waals surface area contributed by atoms with Gasteiger partial charge in [-0.05, 0) is 18.9 Å².